The Labute approximate surface area is 134 Å². The third-order valence-electron chi connectivity index (χ3n) is 7.85. The smallest absolute Gasteiger partial charge is 0.136 e. The zero-order valence-corrected chi connectivity index (χ0v) is 14.0. The van der Waals surface area contributed by atoms with Crippen LogP contribution in [-0.2, 0) is 9.59 Å². The Hall–Kier alpha value is -0.660. The van der Waals surface area contributed by atoms with Crippen molar-refractivity contribution in [2.75, 3.05) is 0 Å². The van der Waals surface area contributed by atoms with E-state index in [0.29, 0.717) is 23.4 Å². The molecule has 22 heavy (non-hydrogen) atoms. The van der Waals surface area contributed by atoms with Gasteiger partial charge in [0.15, 0.2) is 0 Å². The zero-order valence-electron chi connectivity index (χ0n) is 14.0. The van der Waals surface area contributed by atoms with Gasteiger partial charge in [0.05, 0.1) is 0 Å². The van der Waals surface area contributed by atoms with E-state index in [1.807, 2.05) is 0 Å². The van der Waals surface area contributed by atoms with Gasteiger partial charge in [-0.3, -0.25) is 9.59 Å². The lowest BCUT2D eigenvalue weighted by atomic mass is 9.50. The maximum atomic E-state index is 12.3. The molecule has 0 saturated heterocycles. The predicted octanol–water partition coefficient (Wildman–Crippen LogP) is 4.56. The van der Waals surface area contributed by atoms with Crippen LogP contribution >= 0.6 is 0 Å². The van der Waals surface area contributed by atoms with Crippen molar-refractivity contribution in [2.24, 2.45) is 35.0 Å². The van der Waals surface area contributed by atoms with Gasteiger partial charge in [-0.15, -0.1) is 0 Å². The SMILES string of the molecule is C[C@]12CC[C@@H]3C(CCCC[C@H]4C(=O)CCC34)[C@H]1CCC(=O)C2. The monoisotopic (exact) mass is 302 g/mol. The van der Waals surface area contributed by atoms with E-state index >= 15 is 0 Å². The molecule has 4 rings (SSSR count). The van der Waals surface area contributed by atoms with Gasteiger partial charge < -0.3 is 0 Å². The quantitative estimate of drug-likeness (QED) is 0.657. The minimum atomic E-state index is 0.272. The van der Waals surface area contributed by atoms with Gasteiger partial charge in [-0.2, -0.15) is 0 Å². The van der Waals surface area contributed by atoms with Crippen LogP contribution in [-0.4, -0.2) is 11.6 Å². The van der Waals surface area contributed by atoms with E-state index in [1.54, 1.807) is 0 Å². The first-order valence-electron chi connectivity index (χ1n) is 9.63. The third-order valence-corrected chi connectivity index (χ3v) is 7.85. The number of Topliss-reactive ketones (excluding diaryl/α,β-unsaturated/α-hetero) is 2. The summed E-state index contributed by atoms with van der Waals surface area (Å²) >= 11 is 0. The molecule has 0 spiro atoms. The highest BCUT2D eigenvalue weighted by Gasteiger charge is 2.53. The van der Waals surface area contributed by atoms with E-state index < -0.39 is 0 Å². The minimum absolute atomic E-state index is 0.272. The molecule has 0 aliphatic heterocycles. The molecule has 0 aromatic rings. The second kappa shape index (κ2) is 5.46. The molecule has 2 unspecified atom stereocenters. The van der Waals surface area contributed by atoms with Gasteiger partial charge in [-0.25, -0.2) is 0 Å². The Kier molecular flexibility index (Phi) is 3.70. The molecule has 4 aliphatic carbocycles. The molecule has 0 aromatic heterocycles. The molecule has 2 heteroatoms. The normalized spacial score (nSPS) is 48.9. The van der Waals surface area contributed by atoms with E-state index in [2.05, 4.69) is 6.92 Å². The summed E-state index contributed by atoms with van der Waals surface area (Å²) in [7, 11) is 0. The molecule has 4 aliphatic rings. The lowest BCUT2D eigenvalue weighted by molar-refractivity contribution is -0.132. The molecule has 0 amide bonds. The van der Waals surface area contributed by atoms with Crippen molar-refractivity contribution in [1.29, 1.82) is 0 Å². The molecule has 6 atom stereocenters. The van der Waals surface area contributed by atoms with Crippen molar-refractivity contribution in [3.63, 3.8) is 0 Å². The van der Waals surface area contributed by atoms with Gasteiger partial charge in [-0.1, -0.05) is 19.8 Å². The van der Waals surface area contributed by atoms with E-state index in [0.717, 1.165) is 56.3 Å². The van der Waals surface area contributed by atoms with Gasteiger partial charge in [0.25, 0.3) is 0 Å². The molecule has 0 aromatic carbocycles. The second-order valence-electron chi connectivity index (χ2n) is 8.94. The maximum Gasteiger partial charge on any atom is 0.136 e. The summed E-state index contributed by atoms with van der Waals surface area (Å²) in [6.45, 7) is 2.39. The lowest BCUT2D eigenvalue weighted by Crippen LogP contribution is -2.48. The highest BCUT2D eigenvalue weighted by atomic mass is 16.1. The number of hydrogen-bond acceptors (Lipinski definition) is 2. The molecule has 0 radical (unpaired) electrons. The second-order valence-corrected chi connectivity index (χ2v) is 8.94. The van der Waals surface area contributed by atoms with Crippen LogP contribution in [0.3, 0.4) is 0 Å². The predicted molar refractivity (Wildman–Crippen MR) is 86.4 cm³/mol. The van der Waals surface area contributed by atoms with Crippen LogP contribution in [0.15, 0.2) is 0 Å². The Balaban J connectivity index is 1.62. The summed E-state index contributed by atoms with van der Waals surface area (Å²) in [6, 6.07) is 0. The molecule has 0 bridgehead atoms. The first kappa shape index (κ1) is 14.9. The average Bonchev–Trinajstić information content (AvgIpc) is 2.80. The molecular weight excluding hydrogens is 272 g/mol. The van der Waals surface area contributed by atoms with Gasteiger partial charge >= 0.3 is 0 Å². The largest absolute Gasteiger partial charge is 0.300 e. The molecule has 2 nitrogen and oxygen atoms in total. The molecule has 4 fully saturated rings. The van der Waals surface area contributed by atoms with E-state index in [9.17, 15) is 9.59 Å². The first-order chi connectivity index (χ1) is 10.6. The van der Waals surface area contributed by atoms with Crippen molar-refractivity contribution < 1.29 is 9.59 Å². The Morgan fingerprint density at radius 1 is 0.864 bits per heavy atom. The molecular formula is C20H30O2. The van der Waals surface area contributed by atoms with Crippen molar-refractivity contribution in [3.8, 4) is 0 Å². The number of hydrogen-bond donors (Lipinski definition) is 0. The minimum Gasteiger partial charge on any atom is -0.300 e. The topological polar surface area (TPSA) is 34.1 Å². The summed E-state index contributed by atoms with van der Waals surface area (Å²) in [6.07, 6.45) is 12.3. The van der Waals surface area contributed by atoms with Crippen molar-refractivity contribution >= 4 is 11.6 Å². The number of carbonyl (C=O) groups excluding carboxylic acids is 2. The summed E-state index contributed by atoms with van der Waals surface area (Å²) < 4.78 is 0. The van der Waals surface area contributed by atoms with Crippen LogP contribution in [0.5, 0.6) is 0 Å². The van der Waals surface area contributed by atoms with Gasteiger partial charge in [-0.05, 0) is 67.6 Å². The highest BCUT2D eigenvalue weighted by Crippen LogP contribution is 2.59. The standard InChI is InChI=1S/C20H30O2/c1-20-11-10-15-14-7-9-19(22)17(14)5-3-2-4-16(15)18(20)8-6-13(21)12-20/h14-18H,2-12H2,1H3/t14?,15-,16?,17+,18+,20+/m0/s1. The van der Waals surface area contributed by atoms with Crippen LogP contribution in [0.1, 0.15) is 77.6 Å². The van der Waals surface area contributed by atoms with E-state index in [4.69, 9.17) is 0 Å². The highest BCUT2D eigenvalue weighted by molar-refractivity contribution is 5.83. The Morgan fingerprint density at radius 2 is 1.68 bits per heavy atom. The van der Waals surface area contributed by atoms with Crippen LogP contribution in [0.25, 0.3) is 0 Å². The zero-order chi connectivity index (χ0) is 15.3. The fraction of sp³-hybridized carbons (Fsp3) is 0.900. The van der Waals surface area contributed by atoms with E-state index in [1.165, 1.54) is 32.1 Å². The number of fused-ring (bicyclic) bond motifs is 5. The lowest BCUT2D eigenvalue weighted by Gasteiger charge is -2.54. The summed E-state index contributed by atoms with van der Waals surface area (Å²) in [5.74, 6) is 4.46. The Morgan fingerprint density at radius 3 is 2.55 bits per heavy atom. The number of ketones is 2. The summed E-state index contributed by atoms with van der Waals surface area (Å²) in [4.78, 5) is 24.3. The first-order valence-corrected chi connectivity index (χ1v) is 9.63. The fourth-order valence-corrected chi connectivity index (χ4v) is 6.86. The van der Waals surface area contributed by atoms with Gasteiger partial charge in [0.2, 0.25) is 0 Å². The summed E-state index contributed by atoms with van der Waals surface area (Å²) in [5.41, 5.74) is 0.272. The van der Waals surface area contributed by atoms with Crippen molar-refractivity contribution in [1.82, 2.24) is 0 Å². The molecule has 122 valence electrons. The number of carbonyl (C=O) groups is 2. The summed E-state index contributed by atoms with van der Waals surface area (Å²) in [5, 5.41) is 0. The maximum absolute atomic E-state index is 12.3. The average molecular weight is 302 g/mol. The van der Waals surface area contributed by atoms with Crippen molar-refractivity contribution in [2.45, 2.75) is 77.6 Å². The van der Waals surface area contributed by atoms with Gasteiger partial charge in [0.1, 0.15) is 11.6 Å². The van der Waals surface area contributed by atoms with Crippen LogP contribution < -0.4 is 0 Å². The fourth-order valence-electron chi connectivity index (χ4n) is 6.86. The van der Waals surface area contributed by atoms with Crippen LogP contribution in [0.2, 0.25) is 0 Å². The van der Waals surface area contributed by atoms with E-state index in [-0.39, 0.29) is 5.41 Å². The Bertz CT molecular complexity index is 482. The third kappa shape index (κ3) is 2.29. The van der Waals surface area contributed by atoms with Crippen molar-refractivity contribution in [3.05, 3.63) is 0 Å². The van der Waals surface area contributed by atoms with Crippen LogP contribution in [0.4, 0.5) is 0 Å². The molecule has 0 heterocycles. The van der Waals surface area contributed by atoms with Crippen LogP contribution in [0, 0.1) is 35.0 Å². The van der Waals surface area contributed by atoms with Gasteiger partial charge in [0, 0.05) is 25.2 Å². The molecule has 0 N–H and O–H groups in total. The molecule has 4 saturated carbocycles. The number of rotatable bonds is 0.